The minimum atomic E-state index is -0.527. The number of rotatable bonds is 8. The molecule has 212 valence electrons. The monoisotopic (exact) mass is 552 g/mol. The number of likely N-dealkylation sites (tertiary alicyclic amines) is 1. The number of Topliss-reactive ketones (excluding diaryl/α,β-unsaturated/α-hetero) is 2. The van der Waals surface area contributed by atoms with Gasteiger partial charge in [0.1, 0.15) is 23.9 Å². The number of ketones is 2. The van der Waals surface area contributed by atoms with Crippen LogP contribution in [0.3, 0.4) is 0 Å². The lowest BCUT2D eigenvalue weighted by Crippen LogP contribution is -2.44. The first kappa shape index (κ1) is 27.2. The van der Waals surface area contributed by atoms with Gasteiger partial charge in [-0.15, -0.1) is 0 Å². The molecule has 7 nitrogen and oxygen atoms in total. The standard InChI is InChI=1S/C34H36N2O5/c1-40-28-12-9-25(10-13-28)26-15-17-35(18-16-26)20-23-5-7-24(8-6-23)22-41-33-4-2-3-29-30(33)21-36(34(29)39)31-14-11-27(37)19-32(31)38/h2-10,12-13,26,31H,11,14-22H2,1H3. The number of hydrogen-bond acceptors (Lipinski definition) is 6. The van der Waals surface area contributed by atoms with Crippen LogP contribution in [0.1, 0.15) is 70.6 Å². The van der Waals surface area contributed by atoms with E-state index in [0.717, 1.165) is 49.4 Å². The summed E-state index contributed by atoms with van der Waals surface area (Å²) in [5, 5.41) is 0. The molecule has 1 saturated carbocycles. The fourth-order valence-electron chi connectivity index (χ4n) is 6.36. The van der Waals surface area contributed by atoms with Crippen molar-refractivity contribution in [3.8, 4) is 11.5 Å². The molecule has 1 saturated heterocycles. The van der Waals surface area contributed by atoms with Crippen molar-refractivity contribution >= 4 is 17.5 Å². The van der Waals surface area contributed by atoms with Gasteiger partial charge in [-0.1, -0.05) is 42.5 Å². The quantitative estimate of drug-likeness (QED) is 0.353. The SMILES string of the molecule is COc1ccc(C2CCN(Cc3ccc(COc4cccc5c4CN(C4CCC(=O)CC4=O)C5=O)cc3)CC2)cc1. The normalized spacial score (nSPS) is 19.9. The van der Waals surface area contributed by atoms with Crippen LogP contribution in [0.25, 0.3) is 0 Å². The highest BCUT2D eigenvalue weighted by atomic mass is 16.5. The van der Waals surface area contributed by atoms with E-state index in [2.05, 4.69) is 53.4 Å². The van der Waals surface area contributed by atoms with Crippen molar-refractivity contribution in [2.75, 3.05) is 20.2 Å². The summed E-state index contributed by atoms with van der Waals surface area (Å²) in [7, 11) is 1.70. The summed E-state index contributed by atoms with van der Waals surface area (Å²) in [6, 6.07) is 22.0. The van der Waals surface area contributed by atoms with Crippen molar-refractivity contribution in [3.05, 3.63) is 94.5 Å². The van der Waals surface area contributed by atoms with E-state index < -0.39 is 6.04 Å². The van der Waals surface area contributed by atoms with E-state index >= 15 is 0 Å². The predicted molar refractivity (Wildman–Crippen MR) is 155 cm³/mol. The maximum atomic E-state index is 13.1. The maximum absolute atomic E-state index is 13.1. The van der Waals surface area contributed by atoms with E-state index in [1.54, 1.807) is 18.1 Å². The van der Waals surface area contributed by atoms with Crippen molar-refractivity contribution in [1.82, 2.24) is 9.80 Å². The molecule has 2 heterocycles. The molecular formula is C34H36N2O5. The average Bonchev–Trinajstić information content (AvgIpc) is 3.34. The second kappa shape index (κ2) is 11.9. The number of hydrogen-bond donors (Lipinski definition) is 0. The van der Waals surface area contributed by atoms with Crippen LogP contribution in [0.5, 0.6) is 11.5 Å². The Morgan fingerprint density at radius 3 is 2.29 bits per heavy atom. The Morgan fingerprint density at radius 2 is 1.59 bits per heavy atom. The summed E-state index contributed by atoms with van der Waals surface area (Å²) < 4.78 is 11.5. The van der Waals surface area contributed by atoms with Gasteiger partial charge in [-0.25, -0.2) is 0 Å². The number of piperidine rings is 1. The number of amides is 1. The molecule has 41 heavy (non-hydrogen) atoms. The zero-order chi connectivity index (χ0) is 28.3. The van der Waals surface area contributed by atoms with Crippen LogP contribution in [0.15, 0.2) is 66.7 Å². The van der Waals surface area contributed by atoms with Gasteiger partial charge in [-0.3, -0.25) is 19.3 Å². The number of carbonyl (C=O) groups excluding carboxylic acids is 3. The molecule has 1 unspecified atom stereocenters. The maximum Gasteiger partial charge on any atom is 0.255 e. The minimum absolute atomic E-state index is 0.0419. The molecule has 3 aliphatic rings. The number of benzene rings is 3. The fourth-order valence-corrected chi connectivity index (χ4v) is 6.36. The third-order valence-corrected chi connectivity index (χ3v) is 8.77. The van der Waals surface area contributed by atoms with Gasteiger partial charge in [0.05, 0.1) is 26.1 Å². The van der Waals surface area contributed by atoms with Crippen molar-refractivity contribution in [2.24, 2.45) is 0 Å². The highest BCUT2D eigenvalue weighted by molar-refractivity contribution is 6.07. The Hall–Kier alpha value is -3.97. The summed E-state index contributed by atoms with van der Waals surface area (Å²) in [5.41, 5.74) is 5.14. The molecule has 2 fully saturated rings. The van der Waals surface area contributed by atoms with Crippen LogP contribution in [-0.4, -0.2) is 53.5 Å². The highest BCUT2D eigenvalue weighted by Gasteiger charge is 2.40. The lowest BCUT2D eigenvalue weighted by molar-refractivity contribution is -0.133. The predicted octanol–water partition coefficient (Wildman–Crippen LogP) is 5.30. The van der Waals surface area contributed by atoms with Crippen molar-refractivity contribution < 1.29 is 23.9 Å². The Bertz CT molecular complexity index is 1420. The van der Waals surface area contributed by atoms with E-state index in [1.807, 2.05) is 12.1 Å². The fraction of sp³-hybridized carbons (Fsp3) is 0.382. The average molecular weight is 553 g/mol. The molecule has 0 aromatic heterocycles. The molecule has 7 heteroatoms. The summed E-state index contributed by atoms with van der Waals surface area (Å²) in [6.45, 7) is 3.84. The lowest BCUT2D eigenvalue weighted by Gasteiger charge is -2.32. The smallest absolute Gasteiger partial charge is 0.255 e. The van der Waals surface area contributed by atoms with Crippen LogP contribution in [0.2, 0.25) is 0 Å². The Balaban J connectivity index is 1.02. The number of ether oxygens (including phenoxy) is 2. The minimum Gasteiger partial charge on any atom is -0.497 e. The van der Waals surface area contributed by atoms with Crippen LogP contribution < -0.4 is 9.47 Å². The molecular weight excluding hydrogens is 516 g/mol. The first-order valence-corrected chi connectivity index (χ1v) is 14.5. The van der Waals surface area contributed by atoms with Crippen LogP contribution in [-0.2, 0) is 29.3 Å². The van der Waals surface area contributed by atoms with E-state index in [4.69, 9.17) is 9.47 Å². The second-order valence-corrected chi connectivity index (χ2v) is 11.4. The Labute approximate surface area is 241 Å². The second-order valence-electron chi connectivity index (χ2n) is 11.4. The first-order chi connectivity index (χ1) is 20.0. The van der Waals surface area contributed by atoms with Crippen LogP contribution in [0.4, 0.5) is 0 Å². The zero-order valence-electron chi connectivity index (χ0n) is 23.5. The third-order valence-electron chi connectivity index (χ3n) is 8.77. The van der Waals surface area contributed by atoms with E-state index in [9.17, 15) is 14.4 Å². The van der Waals surface area contributed by atoms with E-state index in [-0.39, 0.29) is 23.9 Å². The van der Waals surface area contributed by atoms with Gasteiger partial charge < -0.3 is 14.4 Å². The largest absolute Gasteiger partial charge is 0.497 e. The van der Waals surface area contributed by atoms with E-state index in [1.165, 1.54) is 11.1 Å². The number of nitrogens with zero attached hydrogens (tertiary/aromatic N) is 2. The molecule has 2 aliphatic heterocycles. The summed E-state index contributed by atoms with van der Waals surface area (Å²) in [5.74, 6) is 1.82. The van der Waals surface area contributed by atoms with Gasteiger partial charge >= 0.3 is 0 Å². The van der Waals surface area contributed by atoms with Gasteiger partial charge in [-0.05, 0) is 79.2 Å². The van der Waals surface area contributed by atoms with Gasteiger partial charge in [0.25, 0.3) is 5.91 Å². The van der Waals surface area contributed by atoms with Gasteiger partial charge in [0.2, 0.25) is 0 Å². The van der Waals surface area contributed by atoms with Crippen LogP contribution >= 0.6 is 0 Å². The molecule has 0 bridgehead atoms. The highest BCUT2D eigenvalue weighted by Crippen LogP contribution is 2.35. The number of carbonyl (C=O) groups is 3. The third kappa shape index (κ3) is 5.91. The van der Waals surface area contributed by atoms with Crippen LogP contribution in [0, 0.1) is 0 Å². The molecule has 1 atom stereocenters. The molecule has 1 amide bonds. The lowest BCUT2D eigenvalue weighted by atomic mass is 9.89. The summed E-state index contributed by atoms with van der Waals surface area (Å²) in [4.78, 5) is 41.4. The molecule has 0 N–H and O–H groups in total. The summed E-state index contributed by atoms with van der Waals surface area (Å²) >= 11 is 0. The van der Waals surface area contributed by atoms with Gasteiger partial charge in [0, 0.05) is 24.1 Å². The Morgan fingerprint density at radius 1 is 0.854 bits per heavy atom. The van der Waals surface area contributed by atoms with E-state index in [0.29, 0.717) is 43.2 Å². The number of methoxy groups -OCH3 is 1. The molecule has 3 aromatic rings. The summed E-state index contributed by atoms with van der Waals surface area (Å²) in [6.07, 6.45) is 2.99. The van der Waals surface area contributed by atoms with Gasteiger partial charge in [-0.2, -0.15) is 0 Å². The molecule has 0 radical (unpaired) electrons. The molecule has 1 aliphatic carbocycles. The first-order valence-electron chi connectivity index (χ1n) is 14.5. The molecule has 0 spiro atoms. The van der Waals surface area contributed by atoms with Crippen molar-refractivity contribution in [2.45, 2.75) is 63.8 Å². The topological polar surface area (TPSA) is 76.2 Å². The zero-order valence-corrected chi connectivity index (χ0v) is 23.5. The number of fused-ring (bicyclic) bond motifs is 1. The Kier molecular flexibility index (Phi) is 7.88. The van der Waals surface area contributed by atoms with Crippen molar-refractivity contribution in [1.29, 1.82) is 0 Å². The van der Waals surface area contributed by atoms with Gasteiger partial charge in [0.15, 0.2) is 5.78 Å². The van der Waals surface area contributed by atoms with Crippen molar-refractivity contribution in [3.63, 3.8) is 0 Å². The molecule has 3 aromatic carbocycles. The molecule has 6 rings (SSSR count).